The Balaban J connectivity index is 1.61. The Morgan fingerprint density at radius 1 is 1.17 bits per heavy atom. The number of benzene rings is 2. The molecule has 0 saturated carbocycles. The quantitative estimate of drug-likeness (QED) is 0.435. The third-order valence-corrected chi connectivity index (χ3v) is 7.98. The standard InChI is InChI=1S/C23H25BO5S/c1-16-15-30(27,28)22-14-24(26)29-21(23(16)22)12-9-19(18-5-3-2-4-6-18)13-17-7-10-20(25)11-8-17/h2-8,10-11,13,21-22,25-26H,9,12,14-15H2,1H3/b19-13-/t21-,22+/m1/s1. The van der Waals surface area contributed by atoms with Crippen LogP contribution in [0.15, 0.2) is 65.7 Å². The number of aromatic hydroxyl groups is 1. The number of sulfone groups is 1. The summed E-state index contributed by atoms with van der Waals surface area (Å²) in [5.41, 5.74) is 4.80. The Bertz CT molecular complexity index is 1070. The molecule has 30 heavy (non-hydrogen) atoms. The van der Waals surface area contributed by atoms with E-state index in [4.69, 9.17) is 4.65 Å². The van der Waals surface area contributed by atoms with Gasteiger partial charge in [0.05, 0.1) is 17.1 Å². The fraction of sp³-hybridized carbons (Fsp3) is 0.304. The number of fused-ring (bicyclic) bond motifs is 1. The van der Waals surface area contributed by atoms with Crippen molar-refractivity contribution in [1.29, 1.82) is 0 Å². The maximum absolute atomic E-state index is 12.5. The van der Waals surface area contributed by atoms with Crippen LogP contribution in [0.25, 0.3) is 11.6 Å². The van der Waals surface area contributed by atoms with E-state index >= 15 is 0 Å². The number of hydrogen-bond donors (Lipinski definition) is 2. The van der Waals surface area contributed by atoms with Gasteiger partial charge in [-0.25, -0.2) is 8.42 Å². The molecule has 2 aliphatic heterocycles. The second-order valence-electron chi connectivity index (χ2n) is 8.01. The van der Waals surface area contributed by atoms with Crippen LogP contribution in [0.4, 0.5) is 0 Å². The molecule has 0 radical (unpaired) electrons. The highest BCUT2D eigenvalue weighted by molar-refractivity contribution is 7.92. The summed E-state index contributed by atoms with van der Waals surface area (Å²) in [6, 6.07) is 17.0. The monoisotopic (exact) mass is 424 g/mol. The van der Waals surface area contributed by atoms with Crippen molar-refractivity contribution in [1.82, 2.24) is 0 Å². The Morgan fingerprint density at radius 2 is 1.87 bits per heavy atom. The maximum Gasteiger partial charge on any atom is 0.456 e. The van der Waals surface area contributed by atoms with Gasteiger partial charge in [-0.2, -0.15) is 0 Å². The average Bonchev–Trinajstić information content (AvgIpc) is 2.95. The molecule has 2 aromatic carbocycles. The van der Waals surface area contributed by atoms with E-state index in [2.05, 4.69) is 6.08 Å². The number of phenolic OH excluding ortho intramolecular Hbond substituents is 1. The van der Waals surface area contributed by atoms with Crippen molar-refractivity contribution in [2.24, 2.45) is 0 Å². The van der Waals surface area contributed by atoms with Crippen molar-refractivity contribution in [2.75, 3.05) is 5.75 Å². The number of allylic oxidation sites excluding steroid dienone is 1. The lowest BCUT2D eigenvalue weighted by Gasteiger charge is -2.32. The van der Waals surface area contributed by atoms with Crippen LogP contribution in [0.2, 0.25) is 6.32 Å². The highest BCUT2D eigenvalue weighted by Crippen LogP contribution is 2.40. The molecule has 0 unspecified atom stereocenters. The molecule has 1 saturated heterocycles. The molecule has 2 aliphatic rings. The van der Waals surface area contributed by atoms with Gasteiger partial charge in [0.2, 0.25) is 0 Å². The minimum atomic E-state index is -3.26. The first-order chi connectivity index (χ1) is 14.3. The maximum atomic E-state index is 12.5. The van der Waals surface area contributed by atoms with Gasteiger partial charge in [0.15, 0.2) is 9.84 Å². The van der Waals surface area contributed by atoms with Crippen LogP contribution >= 0.6 is 0 Å². The van der Waals surface area contributed by atoms with Crippen molar-refractivity contribution in [2.45, 2.75) is 37.4 Å². The smallest absolute Gasteiger partial charge is 0.456 e. The minimum Gasteiger partial charge on any atom is -0.508 e. The predicted octanol–water partition coefficient (Wildman–Crippen LogP) is 3.71. The van der Waals surface area contributed by atoms with Gasteiger partial charge in [0.1, 0.15) is 5.75 Å². The molecule has 2 aromatic rings. The van der Waals surface area contributed by atoms with Crippen molar-refractivity contribution in [3.63, 3.8) is 0 Å². The van der Waals surface area contributed by atoms with Gasteiger partial charge in [-0.1, -0.05) is 54.1 Å². The van der Waals surface area contributed by atoms with Crippen molar-refractivity contribution in [3.05, 3.63) is 76.9 Å². The molecule has 5 nitrogen and oxygen atoms in total. The molecular weight excluding hydrogens is 399 g/mol. The molecule has 0 aliphatic carbocycles. The van der Waals surface area contributed by atoms with Crippen LogP contribution < -0.4 is 0 Å². The van der Waals surface area contributed by atoms with Gasteiger partial charge in [0, 0.05) is 6.32 Å². The lowest BCUT2D eigenvalue weighted by atomic mass is 9.74. The zero-order valence-electron chi connectivity index (χ0n) is 16.9. The third-order valence-electron chi connectivity index (χ3n) is 5.83. The fourth-order valence-electron chi connectivity index (χ4n) is 4.45. The summed E-state index contributed by atoms with van der Waals surface area (Å²) in [7, 11) is -4.32. The summed E-state index contributed by atoms with van der Waals surface area (Å²) in [4.78, 5) is 0. The average molecular weight is 424 g/mol. The molecule has 2 N–H and O–H groups in total. The minimum absolute atomic E-state index is 0.0501. The van der Waals surface area contributed by atoms with E-state index in [1.54, 1.807) is 12.1 Å². The number of rotatable bonds is 5. The SMILES string of the molecule is CC1=C2[C@@H](CC/C(=C/c3ccc(O)cc3)c3ccccc3)OB(O)C[C@@H]2S(=O)(=O)C1. The molecule has 0 amide bonds. The first kappa shape index (κ1) is 20.9. The van der Waals surface area contributed by atoms with Gasteiger partial charge in [-0.3, -0.25) is 0 Å². The largest absolute Gasteiger partial charge is 0.508 e. The first-order valence-corrected chi connectivity index (χ1v) is 11.8. The number of phenols is 1. The molecule has 4 rings (SSSR count). The zero-order valence-corrected chi connectivity index (χ0v) is 17.7. The summed E-state index contributed by atoms with van der Waals surface area (Å²) in [5.74, 6) is 0.267. The van der Waals surface area contributed by atoms with E-state index in [9.17, 15) is 18.5 Å². The summed E-state index contributed by atoms with van der Waals surface area (Å²) in [6.07, 6.45) is 3.00. The van der Waals surface area contributed by atoms with Gasteiger partial charge in [-0.15, -0.1) is 0 Å². The van der Waals surface area contributed by atoms with E-state index in [1.807, 2.05) is 49.4 Å². The second kappa shape index (κ2) is 8.42. The second-order valence-corrected chi connectivity index (χ2v) is 10.2. The van der Waals surface area contributed by atoms with Gasteiger partial charge < -0.3 is 14.8 Å². The summed E-state index contributed by atoms with van der Waals surface area (Å²) < 4.78 is 30.8. The van der Waals surface area contributed by atoms with Crippen LogP contribution in [0, 0.1) is 0 Å². The molecule has 1 fully saturated rings. The summed E-state index contributed by atoms with van der Waals surface area (Å²) in [5, 5.41) is 19.1. The van der Waals surface area contributed by atoms with E-state index in [-0.39, 0.29) is 17.8 Å². The van der Waals surface area contributed by atoms with Crippen LogP contribution in [0.3, 0.4) is 0 Å². The van der Waals surface area contributed by atoms with E-state index in [0.717, 1.165) is 27.8 Å². The molecule has 0 aromatic heterocycles. The van der Waals surface area contributed by atoms with E-state index < -0.39 is 28.3 Å². The van der Waals surface area contributed by atoms with E-state index in [1.165, 1.54) is 0 Å². The molecule has 2 heterocycles. The van der Waals surface area contributed by atoms with Crippen LogP contribution in [-0.2, 0) is 14.5 Å². The fourth-order valence-corrected chi connectivity index (χ4v) is 6.61. The van der Waals surface area contributed by atoms with Crippen LogP contribution in [0.1, 0.15) is 30.9 Å². The van der Waals surface area contributed by atoms with Crippen molar-refractivity contribution < 1.29 is 23.2 Å². The number of hydrogen-bond acceptors (Lipinski definition) is 5. The Hall–Kier alpha value is -2.35. The molecule has 0 spiro atoms. The van der Waals surface area contributed by atoms with Gasteiger partial charge in [0.25, 0.3) is 0 Å². The topological polar surface area (TPSA) is 83.8 Å². The van der Waals surface area contributed by atoms with Crippen molar-refractivity contribution in [3.8, 4) is 5.75 Å². The Labute approximate surface area is 177 Å². The molecular formula is C23H25BO5S. The highest BCUT2D eigenvalue weighted by atomic mass is 32.2. The van der Waals surface area contributed by atoms with Crippen LogP contribution in [0.5, 0.6) is 5.75 Å². The Morgan fingerprint density at radius 3 is 2.57 bits per heavy atom. The van der Waals surface area contributed by atoms with Crippen molar-refractivity contribution >= 4 is 28.6 Å². The molecule has 0 bridgehead atoms. The highest BCUT2D eigenvalue weighted by Gasteiger charge is 2.47. The normalized spacial score (nSPS) is 23.5. The predicted molar refractivity (Wildman–Crippen MR) is 120 cm³/mol. The lowest BCUT2D eigenvalue weighted by Crippen LogP contribution is -2.41. The molecule has 7 heteroatoms. The zero-order chi connectivity index (χ0) is 21.3. The Kier molecular flexibility index (Phi) is 5.87. The van der Waals surface area contributed by atoms with E-state index in [0.29, 0.717) is 12.8 Å². The van der Waals surface area contributed by atoms with Gasteiger partial charge >= 0.3 is 7.12 Å². The summed E-state index contributed by atoms with van der Waals surface area (Å²) >= 11 is 0. The summed E-state index contributed by atoms with van der Waals surface area (Å²) in [6.45, 7) is 1.85. The third kappa shape index (κ3) is 4.38. The lowest BCUT2D eigenvalue weighted by molar-refractivity contribution is 0.171. The first-order valence-electron chi connectivity index (χ1n) is 10.1. The molecule has 2 atom stereocenters. The molecule has 156 valence electrons. The van der Waals surface area contributed by atoms with Crippen LogP contribution in [-0.4, -0.2) is 42.8 Å². The van der Waals surface area contributed by atoms with Gasteiger partial charge in [-0.05, 0) is 54.2 Å².